The average Bonchev–Trinajstić information content (AvgIpc) is 2.61. The fourth-order valence-electron chi connectivity index (χ4n) is 1.51. The molecule has 0 aromatic carbocycles. The van der Waals surface area contributed by atoms with Gasteiger partial charge in [0.15, 0.2) is 0 Å². The van der Waals surface area contributed by atoms with Gasteiger partial charge in [0.05, 0.1) is 7.11 Å². The van der Waals surface area contributed by atoms with Crippen molar-refractivity contribution >= 4 is 18.0 Å². The maximum absolute atomic E-state index is 5.13. The molecular weight excluding hydrogens is 212 g/mol. The lowest BCUT2D eigenvalue weighted by atomic mass is 10.2. The van der Waals surface area contributed by atoms with Crippen molar-refractivity contribution < 1.29 is 4.74 Å². The SMILES string of the molecule is CCCc1cc(OC)nc2n[nH]c(=S)n12. The number of nitrogens with zero attached hydrogens (tertiary/aromatic N) is 3. The number of rotatable bonds is 3. The van der Waals surface area contributed by atoms with E-state index in [1.165, 1.54) is 0 Å². The lowest BCUT2D eigenvalue weighted by molar-refractivity contribution is 0.397. The molecule has 0 bridgehead atoms. The molecule has 0 amide bonds. The zero-order valence-corrected chi connectivity index (χ0v) is 9.47. The molecule has 2 aromatic rings. The molecule has 5 nitrogen and oxygen atoms in total. The summed E-state index contributed by atoms with van der Waals surface area (Å²) in [5, 5.41) is 6.75. The first-order chi connectivity index (χ1) is 7.26. The summed E-state index contributed by atoms with van der Waals surface area (Å²) in [7, 11) is 1.59. The monoisotopic (exact) mass is 224 g/mol. The van der Waals surface area contributed by atoms with Gasteiger partial charge in [-0.1, -0.05) is 13.3 Å². The van der Waals surface area contributed by atoms with Crippen LogP contribution in [-0.4, -0.2) is 26.7 Å². The molecule has 2 aromatic heterocycles. The molecule has 1 N–H and O–H groups in total. The van der Waals surface area contributed by atoms with E-state index in [-0.39, 0.29) is 0 Å². The van der Waals surface area contributed by atoms with Gasteiger partial charge in [-0.25, -0.2) is 5.10 Å². The number of methoxy groups -OCH3 is 1. The Bertz CT molecular complexity index is 530. The second-order valence-corrected chi connectivity index (χ2v) is 3.59. The quantitative estimate of drug-likeness (QED) is 0.807. The van der Waals surface area contributed by atoms with E-state index in [4.69, 9.17) is 17.0 Å². The minimum absolute atomic E-state index is 0.558. The smallest absolute Gasteiger partial charge is 0.257 e. The van der Waals surface area contributed by atoms with Gasteiger partial charge < -0.3 is 4.74 Å². The average molecular weight is 224 g/mol. The van der Waals surface area contributed by atoms with Crippen molar-refractivity contribution in [2.45, 2.75) is 19.8 Å². The highest BCUT2D eigenvalue weighted by atomic mass is 32.1. The highest BCUT2D eigenvalue weighted by Crippen LogP contribution is 2.14. The predicted molar refractivity (Wildman–Crippen MR) is 58.7 cm³/mol. The van der Waals surface area contributed by atoms with E-state index in [0.717, 1.165) is 18.5 Å². The minimum Gasteiger partial charge on any atom is -0.481 e. The summed E-state index contributed by atoms with van der Waals surface area (Å²) in [5.74, 6) is 1.13. The van der Waals surface area contributed by atoms with Gasteiger partial charge in [-0.15, -0.1) is 5.10 Å². The third-order valence-electron chi connectivity index (χ3n) is 2.16. The van der Waals surface area contributed by atoms with Crippen LogP contribution >= 0.6 is 12.2 Å². The van der Waals surface area contributed by atoms with E-state index in [2.05, 4.69) is 22.1 Å². The zero-order chi connectivity index (χ0) is 10.8. The molecule has 2 heterocycles. The Morgan fingerprint density at radius 3 is 3.07 bits per heavy atom. The van der Waals surface area contributed by atoms with Crippen LogP contribution in [0.25, 0.3) is 5.78 Å². The first-order valence-corrected chi connectivity index (χ1v) is 5.18. The molecular formula is C9H12N4OS. The third kappa shape index (κ3) is 1.72. The summed E-state index contributed by atoms with van der Waals surface area (Å²) in [5.41, 5.74) is 1.07. The molecule has 2 rings (SSSR count). The maximum atomic E-state index is 5.13. The number of fused-ring (bicyclic) bond motifs is 1. The summed E-state index contributed by atoms with van der Waals surface area (Å²) in [6, 6.07) is 1.89. The van der Waals surface area contributed by atoms with Crippen molar-refractivity contribution in [3.05, 3.63) is 16.5 Å². The largest absolute Gasteiger partial charge is 0.481 e. The lowest BCUT2D eigenvalue weighted by Crippen LogP contribution is -2.01. The topological polar surface area (TPSA) is 55.2 Å². The van der Waals surface area contributed by atoms with Crippen molar-refractivity contribution in [1.82, 2.24) is 19.6 Å². The second kappa shape index (κ2) is 3.98. The molecule has 6 heteroatoms. The van der Waals surface area contributed by atoms with Gasteiger partial charge in [-0.2, -0.15) is 4.98 Å². The molecule has 0 aliphatic rings. The van der Waals surface area contributed by atoms with Gasteiger partial charge >= 0.3 is 0 Å². The number of aromatic nitrogens is 4. The fourth-order valence-corrected chi connectivity index (χ4v) is 1.75. The van der Waals surface area contributed by atoms with E-state index in [1.807, 2.05) is 10.5 Å². The van der Waals surface area contributed by atoms with Crippen LogP contribution in [0.15, 0.2) is 6.07 Å². The van der Waals surface area contributed by atoms with Crippen molar-refractivity contribution in [2.24, 2.45) is 0 Å². The van der Waals surface area contributed by atoms with E-state index in [9.17, 15) is 0 Å². The van der Waals surface area contributed by atoms with Crippen LogP contribution in [0.4, 0.5) is 0 Å². The Morgan fingerprint density at radius 1 is 1.60 bits per heavy atom. The molecule has 80 valence electrons. The molecule has 0 aliphatic carbocycles. The van der Waals surface area contributed by atoms with Gasteiger partial charge in [-0.05, 0) is 18.6 Å². The van der Waals surface area contributed by atoms with E-state index < -0.39 is 0 Å². The standard InChI is InChI=1S/C9H12N4OS/c1-3-4-6-5-7(14-2)10-8-11-12-9(15)13(6)8/h5H,3-4H2,1-2H3,(H,12,15). The molecule has 0 saturated carbocycles. The zero-order valence-electron chi connectivity index (χ0n) is 8.65. The highest BCUT2D eigenvalue weighted by Gasteiger charge is 2.07. The second-order valence-electron chi connectivity index (χ2n) is 3.20. The first-order valence-electron chi connectivity index (χ1n) is 4.77. The Kier molecular flexibility index (Phi) is 2.68. The number of aryl methyl sites for hydroxylation is 1. The van der Waals surface area contributed by atoms with Crippen LogP contribution in [0.2, 0.25) is 0 Å². The molecule has 15 heavy (non-hydrogen) atoms. The number of nitrogens with one attached hydrogen (secondary N) is 1. The molecule has 0 saturated heterocycles. The molecule has 0 atom stereocenters. The summed E-state index contributed by atoms with van der Waals surface area (Å²) in [6.45, 7) is 2.11. The van der Waals surface area contributed by atoms with Crippen molar-refractivity contribution in [3.8, 4) is 5.88 Å². The van der Waals surface area contributed by atoms with Gasteiger partial charge in [0.1, 0.15) is 0 Å². The lowest BCUT2D eigenvalue weighted by Gasteiger charge is -2.05. The van der Waals surface area contributed by atoms with Gasteiger partial charge in [0.2, 0.25) is 10.7 Å². The Labute approximate surface area is 92.1 Å². The van der Waals surface area contributed by atoms with Crippen molar-refractivity contribution in [2.75, 3.05) is 7.11 Å². The molecule has 0 radical (unpaired) electrons. The van der Waals surface area contributed by atoms with Crippen LogP contribution in [0.5, 0.6) is 5.88 Å². The Hall–Kier alpha value is -1.43. The third-order valence-corrected chi connectivity index (χ3v) is 2.43. The molecule has 0 spiro atoms. The van der Waals surface area contributed by atoms with Gasteiger partial charge in [0, 0.05) is 11.8 Å². The van der Waals surface area contributed by atoms with Crippen LogP contribution in [-0.2, 0) is 6.42 Å². The summed E-state index contributed by atoms with van der Waals surface area (Å²) in [6.07, 6.45) is 1.96. The van der Waals surface area contributed by atoms with Crippen LogP contribution in [0.3, 0.4) is 0 Å². The molecule has 0 fully saturated rings. The van der Waals surface area contributed by atoms with Crippen molar-refractivity contribution in [3.63, 3.8) is 0 Å². The number of hydrogen-bond acceptors (Lipinski definition) is 4. The fraction of sp³-hybridized carbons (Fsp3) is 0.444. The van der Waals surface area contributed by atoms with Gasteiger partial charge in [-0.3, -0.25) is 4.40 Å². The van der Waals surface area contributed by atoms with Crippen LogP contribution in [0.1, 0.15) is 19.0 Å². The summed E-state index contributed by atoms with van der Waals surface area (Å²) >= 11 is 5.13. The Morgan fingerprint density at radius 2 is 2.40 bits per heavy atom. The predicted octanol–water partition coefficient (Wildman–Crippen LogP) is 1.75. The Balaban J connectivity index is 2.71. The van der Waals surface area contributed by atoms with E-state index in [1.54, 1.807) is 7.11 Å². The summed E-state index contributed by atoms with van der Waals surface area (Å²) in [4.78, 5) is 4.19. The summed E-state index contributed by atoms with van der Waals surface area (Å²) < 4.78 is 7.51. The molecule has 0 unspecified atom stereocenters. The van der Waals surface area contributed by atoms with E-state index in [0.29, 0.717) is 16.4 Å². The maximum Gasteiger partial charge on any atom is 0.257 e. The number of H-pyrrole nitrogens is 1. The first kappa shape index (κ1) is 10.1. The number of ether oxygens (including phenoxy) is 1. The van der Waals surface area contributed by atoms with Crippen molar-refractivity contribution in [1.29, 1.82) is 0 Å². The minimum atomic E-state index is 0.558. The van der Waals surface area contributed by atoms with E-state index >= 15 is 0 Å². The number of hydrogen-bond donors (Lipinski definition) is 1. The van der Waals surface area contributed by atoms with Crippen LogP contribution in [0, 0.1) is 4.77 Å². The highest BCUT2D eigenvalue weighted by molar-refractivity contribution is 7.71. The van der Waals surface area contributed by atoms with Crippen LogP contribution < -0.4 is 4.74 Å². The normalized spacial score (nSPS) is 10.8. The van der Waals surface area contributed by atoms with Gasteiger partial charge in [0.25, 0.3) is 5.78 Å². The number of aromatic amines is 1. The molecule has 0 aliphatic heterocycles.